The average molecular weight is 832 g/mol. The van der Waals surface area contributed by atoms with Gasteiger partial charge in [0, 0.05) is 46.9 Å². The molecule has 0 spiro atoms. The Kier molecular flexibility index (Phi) is 14.7. The van der Waals surface area contributed by atoms with Crippen molar-refractivity contribution in [1.29, 1.82) is 0 Å². The predicted molar refractivity (Wildman–Crippen MR) is 187 cm³/mol. The van der Waals surface area contributed by atoms with E-state index in [1.54, 1.807) is 61.5 Å². The minimum atomic E-state index is -5.23. The van der Waals surface area contributed by atoms with Crippen molar-refractivity contribution in [3.63, 3.8) is 0 Å². The zero-order chi connectivity index (χ0) is 39.3. The molecule has 0 aliphatic carbocycles. The van der Waals surface area contributed by atoms with Crippen molar-refractivity contribution in [2.24, 2.45) is 20.5 Å². The quantitative estimate of drug-likeness (QED) is 0.0696. The molecule has 282 valence electrons. The number of aryl methyl sites for hydroxylation is 2. The number of hydrogen-bond acceptors (Lipinski definition) is 15. The van der Waals surface area contributed by atoms with Gasteiger partial charge in [0.05, 0.1) is 15.9 Å². The molecule has 0 aliphatic rings. The van der Waals surface area contributed by atoms with Gasteiger partial charge in [-0.1, -0.05) is 50.2 Å². The zero-order valence-corrected chi connectivity index (χ0v) is 33.1. The smallest absolute Gasteiger partial charge is 0.744 e. The van der Waals surface area contributed by atoms with Crippen molar-refractivity contribution >= 4 is 44.2 Å². The monoisotopic (exact) mass is 831 g/mol. The van der Waals surface area contributed by atoms with Crippen LogP contribution in [-0.2, 0) is 27.5 Å². The van der Waals surface area contributed by atoms with Gasteiger partial charge in [0.1, 0.15) is 43.5 Å². The van der Waals surface area contributed by atoms with Crippen molar-refractivity contribution in [2.45, 2.75) is 18.7 Å². The van der Waals surface area contributed by atoms with E-state index in [9.17, 15) is 53.0 Å². The van der Waals surface area contributed by atoms with E-state index in [-0.39, 0.29) is 76.8 Å². The van der Waals surface area contributed by atoms with Gasteiger partial charge in [0.2, 0.25) is 0 Å². The van der Waals surface area contributed by atoms with Gasteiger partial charge in [-0.25, -0.2) is 8.42 Å². The van der Waals surface area contributed by atoms with Gasteiger partial charge < -0.3 is 34.3 Å². The zero-order valence-electron chi connectivity index (χ0n) is 30.0. The van der Waals surface area contributed by atoms with Gasteiger partial charge in [-0.3, -0.25) is 29.8 Å². The fourth-order valence-corrected chi connectivity index (χ4v) is 5.19. The summed E-state index contributed by atoms with van der Waals surface area (Å²) >= 11 is 0. The van der Waals surface area contributed by atoms with Crippen molar-refractivity contribution in [3.8, 4) is 22.9 Å². The van der Waals surface area contributed by atoms with Gasteiger partial charge >= 0.3 is 31.0 Å². The molecular formula is C32H24CrN10NaO11S-. The molecule has 0 fully saturated rings. The molecule has 21 nitrogen and oxygen atoms in total. The van der Waals surface area contributed by atoms with Gasteiger partial charge in [-0.15, -0.1) is 31.8 Å². The molecule has 0 unspecified atom stereocenters. The van der Waals surface area contributed by atoms with Crippen LogP contribution in [0.2, 0.25) is 0 Å². The molecule has 0 saturated heterocycles. The molecule has 0 amide bonds. The maximum atomic E-state index is 12.5. The summed E-state index contributed by atoms with van der Waals surface area (Å²) in [6.45, 7) is 3.08. The molecule has 56 heavy (non-hydrogen) atoms. The Hall–Kier alpha value is -6.06. The van der Waals surface area contributed by atoms with E-state index in [2.05, 4.69) is 30.7 Å². The van der Waals surface area contributed by atoms with Crippen LogP contribution < -0.4 is 50.9 Å². The standard InChI is InChI=1S/C16H13N5O7S.C16H13N5O4.Cr.Na/c1-9-14(16(23)20(19-9)10-5-3-2-4-6-10)18-17-12-7-11(21(24)25)8-13(15(12)22)29(26,27)28;1-10-15(16(23)20(19-10)11-5-3-2-4-6-11)18-17-13-8-7-12(21(24)25)9-14(13)22;;/h2-8H,1H3,(H3,17,18,19,22,23,26,27,28);2-9H,1H3,(H2,17,18,19,22,23);;/q;;;+1/p-2. The number of benzene rings is 4. The first-order chi connectivity index (χ1) is 25.6. The second kappa shape index (κ2) is 18.5. The molecule has 0 aliphatic heterocycles. The number of aromatic hydroxyl groups is 2. The third-order valence-corrected chi connectivity index (χ3v) is 8.03. The third-order valence-electron chi connectivity index (χ3n) is 7.18. The van der Waals surface area contributed by atoms with E-state index in [4.69, 9.17) is 0 Å². The summed E-state index contributed by atoms with van der Waals surface area (Å²) in [6, 6.07) is 21.8. The first-order valence-corrected chi connectivity index (χ1v) is 16.4. The van der Waals surface area contributed by atoms with Crippen LogP contribution in [-0.4, -0.2) is 42.4 Å². The van der Waals surface area contributed by atoms with Gasteiger partial charge in [0.15, 0.2) is 5.75 Å². The Labute approximate surface area is 348 Å². The molecule has 0 bridgehead atoms. The number of phenols is 2. The van der Waals surface area contributed by atoms with Crippen molar-refractivity contribution in [1.82, 2.24) is 19.6 Å². The number of para-hydroxylation sites is 2. The van der Waals surface area contributed by atoms with Crippen molar-refractivity contribution < 1.29 is 81.4 Å². The number of nitro groups is 2. The topological polar surface area (TPSA) is 306 Å². The molecule has 0 saturated carbocycles. The summed E-state index contributed by atoms with van der Waals surface area (Å²) in [5, 5.41) is 64.5. The van der Waals surface area contributed by atoms with Crippen LogP contribution in [0.1, 0.15) is 12.8 Å². The number of aromatic nitrogens is 4. The number of non-ortho nitro benzene ring substituents is 2. The van der Waals surface area contributed by atoms with Crippen LogP contribution >= 0.6 is 0 Å². The normalized spacial score (nSPS) is 11.1. The Bertz CT molecular complexity index is 2700. The number of rotatable bonds is 9. The Morgan fingerprint density at radius 1 is 0.679 bits per heavy atom. The van der Waals surface area contributed by atoms with Crippen LogP contribution in [0.5, 0.6) is 11.5 Å². The van der Waals surface area contributed by atoms with Crippen LogP contribution in [0, 0.1) is 34.1 Å². The molecular weight excluding hydrogens is 807 g/mol. The minimum Gasteiger partial charge on any atom is -0.744 e. The van der Waals surface area contributed by atoms with Crippen molar-refractivity contribution in [3.05, 3.63) is 143 Å². The van der Waals surface area contributed by atoms with E-state index in [0.717, 1.165) is 16.8 Å². The summed E-state index contributed by atoms with van der Waals surface area (Å²) in [6.07, 6.45) is 0. The average Bonchev–Trinajstić information content (AvgIpc) is 3.59. The van der Waals surface area contributed by atoms with E-state index in [0.29, 0.717) is 23.1 Å². The Morgan fingerprint density at radius 2 is 1.12 bits per heavy atom. The first-order valence-electron chi connectivity index (χ1n) is 15.0. The number of nitrogens with zero attached hydrogens (tertiary/aromatic N) is 10. The molecule has 0 radical (unpaired) electrons. The van der Waals surface area contributed by atoms with Crippen LogP contribution in [0.3, 0.4) is 0 Å². The molecule has 2 heterocycles. The minimum absolute atomic E-state index is 0. The van der Waals surface area contributed by atoms with Crippen LogP contribution in [0.25, 0.3) is 11.4 Å². The molecule has 24 heteroatoms. The Morgan fingerprint density at radius 3 is 1.54 bits per heavy atom. The fraction of sp³-hybridized carbons (Fsp3) is 0.0625. The maximum Gasteiger partial charge on any atom is 1.00 e. The first kappa shape index (κ1) is 44.3. The summed E-state index contributed by atoms with van der Waals surface area (Å²) in [5.74, 6) is -1.52. The van der Waals surface area contributed by atoms with E-state index >= 15 is 0 Å². The predicted octanol–water partition coefficient (Wildman–Crippen LogP) is 2.28. The summed E-state index contributed by atoms with van der Waals surface area (Å²) in [4.78, 5) is 43.8. The van der Waals surface area contributed by atoms with Crippen molar-refractivity contribution in [2.75, 3.05) is 0 Å². The van der Waals surface area contributed by atoms with Gasteiger partial charge in [-0.2, -0.15) is 0 Å². The number of azo groups is 2. The van der Waals surface area contributed by atoms with Crippen LogP contribution in [0.15, 0.2) is 126 Å². The van der Waals surface area contributed by atoms with E-state index < -0.39 is 58.9 Å². The SMILES string of the molecule is Cc1[n-]n(-c2ccccc2)c(=O)c1N=Nc1cc([N+](=O)[O-])cc(S(=O)(=O)[O-])c1O.Cc1[n-]n(-c2ccccc2)c(=O)c1N=Nc1ccc([N+](=O)[O-])cc1O.[Cr].[H+].[Na+]. The molecule has 6 rings (SSSR count). The third kappa shape index (κ3) is 9.97. The number of nitro benzene ring substituents is 2. The second-order valence-corrected chi connectivity index (χ2v) is 12.2. The molecule has 6 aromatic rings. The summed E-state index contributed by atoms with van der Waals surface area (Å²) < 4.78 is 36.0. The van der Waals surface area contributed by atoms with Gasteiger partial charge in [0.25, 0.3) is 22.5 Å². The second-order valence-electron chi connectivity index (χ2n) is 10.8. The van der Waals surface area contributed by atoms with Gasteiger partial charge in [-0.05, 0) is 30.3 Å². The fourth-order valence-electron chi connectivity index (χ4n) is 4.58. The Balaban J connectivity index is 0.000000377. The van der Waals surface area contributed by atoms with E-state index in [1.165, 1.54) is 23.7 Å². The van der Waals surface area contributed by atoms with E-state index in [1.807, 2.05) is 6.07 Å². The number of phenolic OH excluding ortho intramolecular Hbond substituents is 2. The summed E-state index contributed by atoms with van der Waals surface area (Å²) in [7, 11) is -5.23. The molecule has 2 aromatic heterocycles. The maximum absolute atomic E-state index is 12.5. The molecule has 0 atom stereocenters. The van der Waals surface area contributed by atoms with Crippen LogP contribution in [0.4, 0.5) is 34.1 Å². The molecule has 2 N–H and O–H groups in total. The number of hydrogen-bond donors (Lipinski definition) is 2. The molecule has 4 aromatic carbocycles. The largest absolute Gasteiger partial charge is 1.00 e. The summed E-state index contributed by atoms with van der Waals surface area (Å²) in [5.41, 5.74) is -1.43.